The number of likely N-dealkylation sites (tertiary alicyclic amines) is 1. The van der Waals surface area contributed by atoms with Crippen LogP contribution in [0.4, 0.5) is 4.79 Å². The summed E-state index contributed by atoms with van der Waals surface area (Å²) < 4.78 is 12.0. The van der Waals surface area contributed by atoms with Crippen LogP contribution >= 0.6 is 0 Å². The summed E-state index contributed by atoms with van der Waals surface area (Å²) in [6, 6.07) is 3.69. The van der Waals surface area contributed by atoms with Crippen LogP contribution in [0.3, 0.4) is 0 Å². The largest absolute Gasteiger partial charge is 0.464 e. The van der Waals surface area contributed by atoms with Gasteiger partial charge in [-0.05, 0) is 39.7 Å². The minimum Gasteiger partial charge on any atom is -0.464 e. The highest BCUT2D eigenvalue weighted by atomic mass is 16.6. The second-order valence-electron chi connectivity index (χ2n) is 7.83. The number of pyridine rings is 1. The van der Waals surface area contributed by atoms with E-state index in [4.69, 9.17) is 4.74 Å². The summed E-state index contributed by atoms with van der Waals surface area (Å²) in [5, 5.41) is 4.48. The summed E-state index contributed by atoms with van der Waals surface area (Å²) in [6.45, 7) is 6.90. The van der Waals surface area contributed by atoms with Crippen molar-refractivity contribution in [3.63, 3.8) is 0 Å². The molecule has 0 unspecified atom stereocenters. The normalized spacial score (nSPS) is 15.4. The molecule has 1 aliphatic heterocycles. The number of esters is 1. The van der Waals surface area contributed by atoms with Gasteiger partial charge in [-0.25, -0.2) is 14.6 Å². The van der Waals surface area contributed by atoms with Crippen LogP contribution in [0.15, 0.2) is 30.7 Å². The van der Waals surface area contributed by atoms with Crippen LogP contribution in [-0.4, -0.2) is 57.5 Å². The topological polar surface area (TPSA) is 86.6 Å². The molecule has 2 aromatic rings. The first-order valence-electron chi connectivity index (χ1n) is 9.33. The van der Waals surface area contributed by atoms with Gasteiger partial charge in [0.05, 0.1) is 19.3 Å². The third-order valence-electron chi connectivity index (χ3n) is 4.58. The molecule has 3 heterocycles. The molecule has 0 saturated carbocycles. The number of amides is 1. The van der Waals surface area contributed by atoms with Crippen LogP contribution in [0, 0.1) is 0 Å². The molecule has 0 bridgehead atoms. The fraction of sp³-hybridized carbons (Fsp3) is 0.500. The molecule has 1 amide bonds. The van der Waals surface area contributed by atoms with Crippen molar-refractivity contribution in [2.45, 2.75) is 45.3 Å². The fourth-order valence-electron chi connectivity index (χ4n) is 3.12. The summed E-state index contributed by atoms with van der Waals surface area (Å²) in [7, 11) is 1.33. The van der Waals surface area contributed by atoms with Crippen molar-refractivity contribution < 1.29 is 19.1 Å². The molecule has 8 nitrogen and oxygen atoms in total. The Kier molecular flexibility index (Phi) is 5.67. The van der Waals surface area contributed by atoms with Crippen molar-refractivity contribution in [3.05, 3.63) is 36.4 Å². The lowest BCUT2D eigenvalue weighted by atomic mass is 10.1. The number of ether oxygens (including phenoxy) is 2. The average Bonchev–Trinajstić information content (AvgIpc) is 3.16. The maximum absolute atomic E-state index is 12.2. The van der Waals surface area contributed by atoms with E-state index in [9.17, 15) is 9.59 Å². The molecule has 0 aliphatic carbocycles. The van der Waals surface area contributed by atoms with Gasteiger partial charge in [0.2, 0.25) is 0 Å². The first-order chi connectivity index (χ1) is 13.3. The maximum Gasteiger partial charge on any atom is 0.410 e. The Balaban J connectivity index is 1.61. The SMILES string of the molecule is COC(=O)c1ccc(-c2cnn(C3CCN(C(=O)OC(C)(C)C)CC3)c2)cn1. The molecular weight excluding hydrogens is 360 g/mol. The number of piperidine rings is 1. The monoisotopic (exact) mass is 386 g/mol. The highest BCUT2D eigenvalue weighted by molar-refractivity contribution is 5.87. The minimum atomic E-state index is -0.484. The number of aromatic nitrogens is 3. The van der Waals surface area contributed by atoms with Gasteiger partial charge in [-0.15, -0.1) is 0 Å². The molecule has 3 rings (SSSR count). The quantitative estimate of drug-likeness (QED) is 0.752. The van der Waals surface area contributed by atoms with Gasteiger partial charge in [-0.2, -0.15) is 5.10 Å². The molecule has 0 N–H and O–H groups in total. The van der Waals surface area contributed by atoms with Gasteiger partial charge in [-0.3, -0.25) is 4.68 Å². The summed E-state index contributed by atoms with van der Waals surface area (Å²) in [5.74, 6) is -0.459. The predicted octanol–water partition coefficient (Wildman–Crippen LogP) is 3.30. The number of carbonyl (C=O) groups excluding carboxylic acids is 2. The van der Waals surface area contributed by atoms with Crippen molar-refractivity contribution in [2.24, 2.45) is 0 Å². The second kappa shape index (κ2) is 8.00. The molecule has 0 aromatic carbocycles. The van der Waals surface area contributed by atoms with E-state index in [1.807, 2.05) is 37.7 Å². The van der Waals surface area contributed by atoms with Gasteiger partial charge in [0.1, 0.15) is 11.3 Å². The van der Waals surface area contributed by atoms with Crippen LogP contribution < -0.4 is 0 Å². The standard InChI is InChI=1S/C20H26N4O4/c1-20(2,3)28-19(26)23-9-7-16(8-10-23)24-13-15(12-22-24)14-5-6-17(21-11-14)18(25)27-4/h5-6,11-13,16H,7-10H2,1-4H3. The first kappa shape index (κ1) is 19.9. The van der Waals surface area contributed by atoms with Gasteiger partial charge >= 0.3 is 12.1 Å². The molecule has 28 heavy (non-hydrogen) atoms. The van der Waals surface area contributed by atoms with Crippen LogP contribution in [0.5, 0.6) is 0 Å². The fourth-order valence-corrected chi connectivity index (χ4v) is 3.12. The van der Waals surface area contributed by atoms with Crippen molar-refractivity contribution in [1.29, 1.82) is 0 Å². The van der Waals surface area contributed by atoms with Crippen LogP contribution in [0.1, 0.15) is 50.1 Å². The first-order valence-corrected chi connectivity index (χ1v) is 9.33. The molecule has 150 valence electrons. The zero-order chi connectivity index (χ0) is 20.3. The van der Waals surface area contributed by atoms with Crippen molar-refractivity contribution in [3.8, 4) is 11.1 Å². The van der Waals surface area contributed by atoms with Gasteiger partial charge < -0.3 is 14.4 Å². The van der Waals surface area contributed by atoms with Gasteiger partial charge in [-0.1, -0.05) is 6.07 Å². The van der Waals surface area contributed by atoms with E-state index in [-0.39, 0.29) is 17.8 Å². The molecule has 2 aromatic heterocycles. The van der Waals surface area contributed by atoms with E-state index in [0.29, 0.717) is 13.1 Å². The average molecular weight is 386 g/mol. The van der Waals surface area contributed by atoms with Gasteiger partial charge in [0, 0.05) is 36.6 Å². The van der Waals surface area contributed by atoms with Crippen LogP contribution in [0.2, 0.25) is 0 Å². The number of hydrogen-bond donors (Lipinski definition) is 0. The highest BCUT2D eigenvalue weighted by Crippen LogP contribution is 2.26. The Bertz CT molecular complexity index is 831. The third kappa shape index (κ3) is 4.68. The zero-order valence-corrected chi connectivity index (χ0v) is 16.7. The summed E-state index contributed by atoms with van der Waals surface area (Å²) in [4.78, 5) is 29.6. The van der Waals surface area contributed by atoms with E-state index < -0.39 is 11.6 Å². The number of hydrogen-bond acceptors (Lipinski definition) is 6. The second-order valence-corrected chi connectivity index (χ2v) is 7.83. The lowest BCUT2D eigenvalue weighted by Crippen LogP contribution is -2.42. The Morgan fingerprint density at radius 1 is 1.11 bits per heavy atom. The minimum absolute atomic E-state index is 0.231. The number of rotatable bonds is 3. The summed E-state index contributed by atoms with van der Waals surface area (Å²) in [6.07, 6.45) is 6.78. The van der Waals surface area contributed by atoms with E-state index in [2.05, 4.69) is 14.8 Å². The third-order valence-corrected chi connectivity index (χ3v) is 4.58. The molecule has 1 saturated heterocycles. The predicted molar refractivity (Wildman–Crippen MR) is 103 cm³/mol. The zero-order valence-electron chi connectivity index (χ0n) is 16.7. The number of nitrogens with zero attached hydrogens (tertiary/aromatic N) is 4. The number of carbonyl (C=O) groups is 2. The highest BCUT2D eigenvalue weighted by Gasteiger charge is 2.27. The lowest BCUT2D eigenvalue weighted by molar-refractivity contribution is 0.0184. The van der Waals surface area contributed by atoms with Crippen LogP contribution in [-0.2, 0) is 9.47 Å². The molecule has 0 spiro atoms. The Hall–Kier alpha value is -2.90. The lowest BCUT2D eigenvalue weighted by Gasteiger charge is -2.33. The Morgan fingerprint density at radius 3 is 2.39 bits per heavy atom. The van der Waals surface area contributed by atoms with Gasteiger partial charge in [0.25, 0.3) is 0 Å². The molecule has 1 aliphatic rings. The summed E-state index contributed by atoms with van der Waals surface area (Å²) in [5.41, 5.74) is 1.60. The van der Waals surface area contributed by atoms with Crippen LogP contribution in [0.25, 0.3) is 11.1 Å². The van der Waals surface area contributed by atoms with Gasteiger partial charge in [0.15, 0.2) is 0 Å². The maximum atomic E-state index is 12.2. The summed E-state index contributed by atoms with van der Waals surface area (Å²) >= 11 is 0. The molecule has 0 atom stereocenters. The van der Waals surface area contributed by atoms with Crippen molar-refractivity contribution in [1.82, 2.24) is 19.7 Å². The van der Waals surface area contributed by atoms with E-state index in [1.165, 1.54) is 7.11 Å². The van der Waals surface area contributed by atoms with Crippen molar-refractivity contribution in [2.75, 3.05) is 20.2 Å². The molecule has 8 heteroatoms. The van der Waals surface area contributed by atoms with Crippen molar-refractivity contribution >= 4 is 12.1 Å². The van der Waals surface area contributed by atoms with E-state index in [1.54, 1.807) is 23.4 Å². The van der Waals surface area contributed by atoms with E-state index in [0.717, 1.165) is 24.0 Å². The van der Waals surface area contributed by atoms with E-state index >= 15 is 0 Å². The molecule has 0 radical (unpaired) electrons. The molecule has 1 fully saturated rings. The number of methoxy groups -OCH3 is 1. The Morgan fingerprint density at radius 2 is 1.82 bits per heavy atom. The Labute approximate surface area is 164 Å². The smallest absolute Gasteiger partial charge is 0.410 e. The molecular formula is C20H26N4O4.